The van der Waals surface area contributed by atoms with Crippen LogP contribution < -0.4 is 0 Å². The zero-order valence-electron chi connectivity index (χ0n) is 22.0. The molecule has 0 radical (unpaired) electrons. The second-order valence-electron chi connectivity index (χ2n) is 10.1. The molecule has 0 saturated heterocycles. The molecule has 0 spiro atoms. The average Bonchev–Trinajstić information content (AvgIpc) is 3.44. The predicted molar refractivity (Wildman–Crippen MR) is 166 cm³/mol. The number of hydrogen-bond donors (Lipinski definition) is 0. The minimum atomic E-state index is 0.581. The van der Waals surface area contributed by atoms with Crippen LogP contribution in [0.4, 0.5) is 0 Å². The van der Waals surface area contributed by atoms with Gasteiger partial charge in [-0.2, -0.15) is 0 Å². The van der Waals surface area contributed by atoms with Gasteiger partial charge in [0.25, 0.3) is 0 Å². The summed E-state index contributed by atoms with van der Waals surface area (Å²) in [6, 6.07) is 47.7. The Kier molecular flexibility index (Phi) is 5.42. The van der Waals surface area contributed by atoms with Crippen LogP contribution in [-0.2, 0) is 0 Å². The van der Waals surface area contributed by atoms with Gasteiger partial charge < -0.3 is 4.42 Å². The Bertz CT molecular complexity index is 2200. The van der Waals surface area contributed by atoms with Gasteiger partial charge in [0.15, 0.2) is 17.5 Å². The van der Waals surface area contributed by atoms with E-state index in [4.69, 9.17) is 19.4 Å². The molecule has 192 valence electrons. The van der Waals surface area contributed by atoms with Gasteiger partial charge in [-0.15, -0.1) is 0 Å². The first-order chi connectivity index (χ1) is 20.3. The zero-order chi connectivity index (χ0) is 27.2. The number of hydrogen-bond acceptors (Lipinski definition) is 4. The number of benzene rings is 6. The molecule has 0 saturated carbocycles. The highest BCUT2D eigenvalue weighted by atomic mass is 16.3. The van der Waals surface area contributed by atoms with Gasteiger partial charge in [0.1, 0.15) is 11.2 Å². The molecule has 0 amide bonds. The first-order valence-electron chi connectivity index (χ1n) is 13.6. The lowest BCUT2D eigenvalue weighted by atomic mass is 10.00. The second kappa shape index (κ2) is 9.54. The van der Waals surface area contributed by atoms with Crippen LogP contribution in [0.2, 0.25) is 0 Å². The highest BCUT2D eigenvalue weighted by Crippen LogP contribution is 2.36. The smallest absolute Gasteiger partial charge is 0.167 e. The summed E-state index contributed by atoms with van der Waals surface area (Å²) in [6.45, 7) is 0. The van der Waals surface area contributed by atoms with Crippen molar-refractivity contribution in [1.82, 2.24) is 15.0 Å². The number of rotatable bonds is 4. The summed E-state index contributed by atoms with van der Waals surface area (Å²) >= 11 is 0. The Morgan fingerprint density at radius 3 is 1.83 bits per heavy atom. The van der Waals surface area contributed by atoms with Crippen molar-refractivity contribution in [2.24, 2.45) is 0 Å². The monoisotopic (exact) mass is 525 g/mol. The maximum absolute atomic E-state index is 6.32. The van der Waals surface area contributed by atoms with E-state index in [0.717, 1.165) is 44.2 Å². The first-order valence-corrected chi connectivity index (χ1v) is 13.6. The van der Waals surface area contributed by atoms with Gasteiger partial charge in [0.05, 0.1) is 5.56 Å². The molecule has 6 aromatic carbocycles. The molecule has 0 atom stereocenters. The van der Waals surface area contributed by atoms with E-state index < -0.39 is 0 Å². The fourth-order valence-corrected chi connectivity index (χ4v) is 5.45. The number of fused-ring (bicyclic) bond motifs is 4. The van der Waals surface area contributed by atoms with E-state index in [1.807, 2.05) is 60.7 Å². The molecule has 8 rings (SSSR count). The molecule has 0 bridgehead atoms. The largest absolute Gasteiger partial charge is 0.455 e. The third-order valence-electron chi connectivity index (χ3n) is 7.54. The Morgan fingerprint density at radius 2 is 1.00 bits per heavy atom. The second-order valence-corrected chi connectivity index (χ2v) is 10.1. The van der Waals surface area contributed by atoms with E-state index in [0.29, 0.717) is 17.5 Å². The Labute approximate surface area is 236 Å². The summed E-state index contributed by atoms with van der Waals surface area (Å²) in [6.07, 6.45) is 0. The van der Waals surface area contributed by atoms with Gasteiger partial charge in [-0.3, -0.25) is 0 Å². The van der Waals surface area contributed by atoms with E-state index in [1.54, 1.807) is 0 Å². The van der Waals surface area contributed by atoms with Gasteiger partial charge in [0, 0.05) is 21.9 Å². The topological polar surface area (TPSA) is 51.8 Å². The first kappa shape index (κ1) is 23.3. The average molecular weight is 526 g/mol. The number of furan rings is 1. The number of para-hydroxylation sites is 2. The Morgan fingerprint density at radius 1 is 0.390 bits per heavy atom. The van der Waals surface area contributed by atoms with Crippen LogP contribution in [0.25, 0.3) is 78.0 Å². The van der Waals surface area contributed by atoms with Crippen molar-refractivity contribution in [3.63, 3.8) is 0 Å². The third-order valence-corrected chi connectivity index (χ3v) is 7.54. The van der Waals surface area contributed by atoms with Crippen LogP contribution in [0.15, 0.2) is 144 Å². The molecule has 0 aliphatic carbocycles. The molecule has 8 aromatic rings. The summed E-state index contributed by atoms with van der Waals surface area (Å²) in [5, 5.41) is 4.58. The molecule has 2 heterocycles. The molecule has 4 nitrogen and oxygen atoms in total. The van der Waals surface area contributed by atoms with E-state index in [1.165, 1.54) is 16.3 Å². The lowest BCUT2D eigenvalue weighted by Gasteiger charge is -2.10. The maximum Gasteiger partial charge on any atom is 0.167 e. The minimum Gasteiger partial charge on any atom is -0.455 e. The van der Waals surface area contributed by atoms with Gasteiger partial charge in [-0.05, 0) is 40.1 Å². The standard InChI is InChI=1S/C37H23N3O/c1-2-10-26(11-3-1)35-38-36(27-20-17-25(18-21-27)29-22-19-24-9-4-5-12-28(24)23-29)40-37(39-35)32-15-8-14-31-30-13-6-7-16-33(30)41-34(31)32/h1-23H. The zero-order valence-corrected chi connectivity index (χ0v) is 22.0. The lowest BCUT2D eigenvalue weighted by Crippen LogP contribution is -2.00. The van der Waals surface area contributed by atoms with Crippen molar-refractivity contribution in [1.29, 1.82) is 0 Å². The summed E-state index contributed by atoms with van der Waals surface area (Å²) in [7, 11) is 0. The molecule has 0 unspecified atom stereocenters. The van der Waals surface area contributed by atoms with E-state index in [-0.39, 0.29) is 0 Å². The van der Waals surface area contributed by atoms with Crippen molar-refractivity contribution in [3.8, 4) is 45.3 Å². The predicted octanol–water partition coefficient (Wildman–Crippen LogP) is 9.59. The highest BCUT2D eigenvalue weighted by Gasteiger charge is 2.17. The van der Waals surface area contributed by atoms with Crippen molar-refractivity contribution in [3.05, 3.63) is 140 Å². The normalized spacial score (nSPS) is 11.4. The fraction of sp³-hybridized carbons (Fsp3) is 0. The van der Waals surface area contributed by atoms with Crippen LogP contribution in [0.3, 0.4) is 0 Å². The summed E-state index contributed by atoms with van der Waals surface area (Å²) in [4.78, 5) is 14.8. The van der Waals surface area contributed by atoms with Crippen LogP contribution in [0.1, 0.15) is 0 Å². The molecule has 4 heteroatoms. The van der Waals surface area contributed by atoms with Gasteiger partial charge in [-0.1, -0.05) is 121 Å². The van der Waals surface area contributed by atoms with Crippen molar-refractivity contribution >= 4 is 32.7 Å². The maximum atomic E-state index is 6.32. The van der Waals surface area contributed by atoms with Gasteiger partial charge in [0.2, 0.25) is 0 Å². The molecular weight excluding hydrogens is 502 g/mol. The minimum absolute atomic E-state index is 0.581. The summed E-state index contributed by atoms with van der Waals surface area (Å²) in [5.41, 5.74) is 6.63. The SMILES string of the molecule is c1ccc(-c2nc(-c3ccc(-c4ccc5ccccc5c4)cc3)nc(-c3cccc4c3oc3ccccc34)n2)cc1. The molecule has 0 N–H and O–H groups in total. The molecular formula is C37H23N3O. The van der Waals surface area contributed by atoms with E-state index >= 15 is 0 Å². The van der Waals surface area contributed by atoms with Crippen molar-refractivity contribution in [2.45, 2.75) is 0 Å². The summed E-state index contributed by atoms with van der Waals surface area (Å²) < 4.78 is 6.32. The van der Waals surface area contributed by atoms with Crippen molar-refractivity contribution < 1.29 is 4.42 Å². The van der Waals surface area contributed by atoms with Crippen LogP contribution in [0.5, 0.6) is 0 Å². The highest BCUT2D eigenvalue weighted by molar-refractivity contribution is 6.09. The lowest BCUT2D eigenvalue weighted by molar-refractivity contribution is 0.669. The van der Waals surface area contributed by atoms with Gasteiger partial charge in [-0.25, -0.2) is 15.0 Å². The van der Waals surface area contributed by atoms with Gasteiger partial charge >= 0.3 is 0 Å². The molecule has 41 heavy (non-hydrogen) atoms. The Balaban J connectivity index is 1.27. The van der Waals surface area contributed by atoms with E-state index in [2.05, 4.69) is 78.9 Å². The van der Waals surface area contributed by atoms with Crippen LogP contribution in [-0.4, -0.2) is 15.0 Å². The fourth-order valence-electron chi connectivity index (χ4n) is 5.45. The molecule has 0 aliphatic rings. The van der Waals surface area contributed by atoms with Crippen molar-refractivity contribution in [2.75, 3.05) is 0 Å². The number of nitrogens with zero attached hydrogens (tertiary/aromatic N) is 3. The third kappa shape index (κ3) is 4.14. The quantitative estimate of drug-likeness (QED) is 0.230. The molecule has 0 fully saturated rings. The van der Waals surface area contributed by atoms with Crippen LogP contribution in [0, 0.1) is 0 Å². The molecule has 0 aliphatic heterocycles. The molecule has 2 aromatic heterocycles. The van der Waals surface area contributed by atoms with E-state index in [9.17, 15) is 0 Å². The number of aromatic nitrogens is 3. The van der Waals surface area contributed by atoms with Crippen LogP contribution >= 0.6 is 0 Å². The Hall–Kier alpha value is -5.61. The summed E-state index contributed by atoms with van der Waals surface area (Å²) in [5.74, 6) is 1.82.